The Kier molecular flexibility index (Phi) is 8.20. The number of anilines is 1. The molecular formula is C21H29N3O6. The quantitative estimate of drug-likeness (QED) is 0.629. The highest BCUT2D eigenvalue weighted by Crippen LogP contribution is 2.17. The third-order valence-electron chi connectivity index (χ3n) is 4.29. The van der Waals surface area contributed by atoms with Crippen LogP contribution in [-0.2, 0) is 14.3 Å². The van der Waals surface area contributed by atoms with E-state index in [-0.39, 0.29) is 11.6 Å². The molecule has 1 aromatic rings. The van der Waals surface area contributed by atoms with Gasteiger partial charge < -0.3 is 14.8 Å². The third-order valence-corrected chi connectivity index (χ3v) is 4.29. The zero-order chi connectivity index (χ0) is 22.1. The predicted octanol–water partition coefficient (Wildman–Crippen LogP) is 3.35. The number of carbonyl (C=O) groups excluding carboxylic acids is 4. The van der Waals surface area contributed by atoms with E-state index in [0.29, 0.717) is 5.69 Å². The molecule has 0 aliphatic heterocycles. The summed E-state index contributed by atoms with van der Waals surface area (Å²) in [6, 6.07) is 5.41. The molecule has 0 saturated heterocycles. The number of amides is 4. The minimum absolute atomic E-state index is 0.0712. The van der Waals surface area contributed by atoms with Gasteiger partial charge in [-0.05, 0) is 57.9 Å². The molecule has 2 rings (SSSR count). The highest BCUT2D eigenvalue weighted by molar-refractivity contribution is 5.97. The van der Waals surface area contributed by atoms with Crippen LogP contribution in [-0.4, -0.2) is 42.3 Å². The van der Waals surface area contributed by atoms with Gasteiger partial charge in [-0.25, -0.2) is 14.4 Å². The first-order valence-electron chi connectivity index (χ1n) is 10.00. The largest absolute Gasteiger partial charge is 0.452 e. The van der Waals surface area contributed by atoms with Crippen molar-refractivity contribution in [2.75, 3.05) is 11.9 Å². The van der Waals surface area contributed by atoms with Gasteiger partial charge in [-0.3, -0.25) is 15.4 Å². The van der Waals surface area contributed by atoms with E-state index < -0.39 is 36.2 Å². The molecule has 4 amide bonds. The van der Waals surface area contributed by atoms with Crippen molar-refractivity contribution in [1.29, 1.82) is 0 Å². The van der Waals surface area contributed by atoms with E-state index in [2.05, 4.69) is 16.0 Å². The number of rotatable bonds is 5. The van der Waals surface area contributed by atoms with Crippen molar-refractivity contribution < 1.29 is 28.7 Å². The number of hydrogen-bond acceptors (Lipinski definition) is 6. The maximum Gasteiger partial charge on any atom is 0.412 e. The summed E-state index contributed by atoms with van der Waals surface area (Å²) >= 11 is 0. The Balaban J connectivity index is 1.74. The summed E-state index contributed by atoms with van der Waals surface area (Å²) in [7, 11) is 0. The van der Waals surface area contributed by atoms with Crippen LogP contribution in [0.4, 0.5) is 15.3 Å². The van der Waals surface area contributed by atoms with Crippen LogP contribution in [0.2, 0.25) is 0 Å². The van der Waals surface area contributed by atoms with E-state index in [1.54, 1.807) is 20.8 Å². The Bertz CT molecular complexity index is 764. The van der Waals surface area contributed by atoms with Gasteiger partial charge in [0.25, 0.3) is 5.91 Å². The van der Waals surface area contributed by atoms with Crippen LogP contribution in [0.1, 0.15) is 63.2 Å². The number of hydrogen-bond donors (Lipinski definition) is 3. The van der Waals surface area contributed by atoms with Gasteiger partial charge in [0.05, 0.1) is 5.56 Å². The van der Waals surface area contributed by atoms with Crippen LogP contribution in [0.5, 0.6) is 0 Å². The molecule has 1 aliphatic rings. The molecule has 1 fully saturated rings. The molecule has 9 heteroatoms. The summed E-state index contributed by atoms with van der Waals surface area (Å²) < 4.78 is 10.1. The normalized spacial score (nSPS) is 14.4. The predicted molar refractivity (Wildman–Crippen MR) is 110 cm³/mol. The second kappa shape index (κ2) is 10.6. The topological polar surface area (TPSA) is 123 Å². The second-order valence-corrected chi connectivity index (χ2v) is 8.14. The number of nitrogens with one attached hydrogen (secondary N) is 3. The SMILES string of the molecule is CC(C)(C)OC(=O)Nc1ccc(C(=O)OCC(=O)NC(=O)NC2CCCCC2)cc1. The van der Waals surface area contributed by atoms with Crippen molar-refractivity contribution in [3.05, 3.63) is 29.8 Å². The molecule has 0 bridgehead atoms. The van der Waals surface area contributed by atoms with Gasteiger partial charge >= 0.3 is 18.1 Å². The van der Waals surface area contributed by atoms with Gasteiger partial charge in [0, 0.05) is 11.7 Å². The number of imide groups is 1. The van der Waals surface area contributed by atoms with Gasteiger partial charge in [0.1, 0.15) is 5.60 Å². The summed E-state index contributed by atoms with van der Waals surface area (Å²) in [5.74, 6) is -1.43. The fourth-order valence-corrected chi connectivity index (χ4v) is 2.96. The van der Waals surface area contributed by atoms with Crippen molar-refractivity contribution in [2.45, 2.75) is 64.5 Å². The fraction of sp³-hybridized carbons (Fsp3) is 0.524. The summed E-state index contributed by atoms with van der Waals surface area (Å²) in [5.41, 5.74) is 0.0175. The number of esters is 1. The number of urea groups is 1. The molecule has 1 saturated carbocycles. The summed E-state index contributed by atoms with van der Waals surface area (Å²) in [6.45, 7) is 4.68. The van der Waals surface area contributed by atoms with Gasteiger partial charge in [0.2, 0.25) is 0 Å². The molecule has 0 heterocycles. The Morgan fingerprint density at radius 2 is 1.63 bits per heavy atom. The van der Waals surface area contributed by atoms with Crippen LogP contribution in [0, 0.1) is 0 Å². The smallest absolute Gasteiger partial charge is 0.412 e. The van der Waals surface area contributed by atoms with E-state index in [0.717, 1.165) is 32.1 Å². The Morgan fingerprint density at radius 1 is 1.00 bits per heavy atom. The minimum Gasteiger partial charge on any atom is -0.452 e. The highest BCUT2D eigenvalue weighted by Gasteiger charge is 2.18. The fourth-order valence-electron chi connectivity index (χ4n) is 2.96. The number of carbonyl (C=O) groups is 4. The lowest BCUT2D eigenvalue weighted by atomic mass is 9.96. The van der Waals surface area contributed by atoms with Crippen molar-refractivity contribution in [3.63, 3.8) is 0 Å². The van der Waals surface area contributed by atoms with E-state index in [1.165, 1.54) is 24.3 Å². The molecule has 0 radical (unpaired) electrons. The maximum absolute atomic E-state index is 12.1. The number of benzene rings is 1. The first-order valence-corrected chi connectivity index (χ1v) is 10.00. The van der Waals surface area contributed by atoms with Crippen LogP contribution in [0.15, 0.2) is 24.3 Å². The molecule has 0 unspecified atom stereocenters. The monoisotopic (exact) mass is 419 g/mol. The van der Waals surface area contributed by atoms with Crippen LogP contribution in [0.3, 0.4) is 0 Å². The molecule has 3 N–H and O–H groups in total. The van der Waals surface area contributed by atoms with Gasteiger partial charge in [-0.15, -0.1) is 0 Å². The first-order chi connectivity index (χ1) is 14.1. The Hall–Kier alpha value is -3.10. The molecule has 1 aliphatic carbocycles. The van der Waals surface area contributed by atoms with Crippen LogP contribution in [0.25, 0.3) is 0 Å². The number of ether oxygens (including phenoxy) is 2. The molecule has 0 spiro atoms. The average molecular weight is 419 g/mol. The van der Waals surface area contributed by atoms with Crippen molar-refractivity contribution in [1.82, 2.24) is 10.6 Å². The van der Waals surface area contributed by atoms with E-state index in [1.807, 2.05) is 0 Å². The summed E-state index contributed by atoms with van der Waals surface area (Å²) in [4.78, 5) is 47.4. The van der Waals surface area contributed by atoms with Crippen molar-refractivity contribution >= 4 is 29.7 Å². The molecule has 0 aromatic heterocycles. The minimum atomic E-state index is -0.721. The second-order valence-electron chi connectivity index (χ2n) is 8.14. The van der Waals surface area contributed by atoms with Gasteiger partial charge in [-0.1, -0.05) is 19.3 Å². The lowest BCUT2D eigenvalue weighted by molar-refractivity contribution is -0.123. The lowest BCUT2D eigenvalue weighted by Crippen LogP contribution is -2.46. The third kappa shape index (κ3) is 8.50. The molecule has 1 aromatic carbocycles. The van der Waals surface area contributed by atoms with Crippen LogP contribution >= 0.6 is 0 Å². The Morgan fingerprint density at radius 3 is 2.23 bits per heavy atom. The van der Waals surface area contributed by atoms with Crippen LogP contribution < -0.4 is 16.0 Å². The molecular weight excluding hydrogens is 390 g/mol. The molecule has 164 valence electrons. The van der Waals surface area contributed by atoms with Crippen molar-refractivity contribution in [3.8, 4) is 0 Å². The first kappa shape index (κ1) is 23.2. The summed E-state index contributed by atoms with van der Waals surface area (Å²) in [6.07, 6.45) is 4.46. The van der Waals surface area contributed by atoms with E-state index in [4.69, 9.17) is 9.47 Å². The Labute approximate surface area is 175 Å². The molecule has 9 nitrogen and oxygen atoms in total. The average Bonchev–Trinajstić information content (AvgIpc) is 2.66. The molecule has 0 atom stereocenters. The van der Waals surface area contributed by atoms with Crippen molar-refractivity contribution in [2.24, 2.45) is 0 Å². The zero-order valence-corrected chi connectivity index (χ0v) is 17.6. The zero-order valence-electron chi connectivity index (χ0n) is 17.6. The molecule has 30 heavy (non-hydrogen) atoms. The van der Waals surface area contributed by atoms with Gasteiger partial charge in [-0.2, -0.15) is 0 Å². The van der Waals surface area contributed by atoms with E-state index >= 15 is 0 Å². The van der Waals surface area contributed by atoms with E-state index in [9.17, 15) is 19.2 Å². The summed E-state index contributed by atoms with van der Waals surface area (Å²) in [5, 5.41) is 7.45. The lowest BCUT2D eigenvalue weighted by Gasteiger charge is -2.22. The maximum atomic E-state index is 12.1. The van der Waals surface area contributed by atoms with Gasteiger partial charge in [0.15, 0.2) is 6.61 Å². The standard InChI is InChI=1S/C21H29N3O6/c1-21(2,3)30-20(28)23-16-11-9-14(10-12-16)18(26)29-13-17(25)24-19(27)22-15-7-5-4-6-8-15/h9-12,15H,4-8,13H2,1-3H3,(H,23,28)(H2,22,24,25,27). The highest BCUT2D eigenvalue weighted by atomic mass is 16.6.